The van der Waals surface area contributed by atoms with Gasteiger partial charge in [0.15, 0.2) is 0 Å². The molecule has 2 aromatic heterocycles. The van der Waals surface area contributed by atoms with Gasteiger partial charge in [0, 0.05) is 37.6 Å². The van der Waals surface area contributed by atoms with Crippen LogP contribution in [0.25, 0.3) is 0 Å². The standard InChI is InChI=1S/C27H33N9O4/c1-5-22(37)35-9-7-8-19(15-35)36-14-18(12-31-36)32-27-30-13-20(24(28)38)25(34-27)33-23-16(3)10-17(11-21(23)40-4)26(39)29-6-2/h5,10-14,19H,1,6-9,15H2,2-4H3,(H2,28,38)(H,29,39)(H2,30,32,33,34). The van der Waals surface area contributed by atoms with Gasteiger partial charge in [-0.15, -0.1) is 0 Å². The molecule has 1 saturated heterocycles. The third-order valence-electron chi connectivity index (χ3n) is 6.53. The Kier molecular flexibility index (Phi) is 8.62. The molecule has 1 aliphatic rings. The van der Waals surface area contributed by atoms with E-state index in [2.05, 4.69) is 37.6 Å². The van der Waals surface area contributed by atoms with Crippen molar-refractivity contribution in [1.82, 2.24) is 30.0 Å². The van der Waals surface area contributed by atoms with E-state index in [1.54, 1.807) is 30.2 Å². The van der Waals surface area contributed by atoms with Gasteiger partial charge in [0.1, 0.15) is 17.1 Å². The monoisotopic (exact) mass is 547 g/mol. The molecule has 4 rings (SSSR count). The van der Waals surface area contributed by atoms with Gasteiger partial charge in [-0.05, 0) is 50.5 Å². The summed E-state index contributed by atoms with van der Waals surface area (Å²) in [7, 11) is 1.49. The van der Waals surface area contributed by atoms with Gasteiger partial charge < -0.3 is 31.3 Å². The van der Waals surface area contributed by atoms with Crippen molar-refractivity contribution in [2.45, 2.75) is 32.7 Å². The van der Waals surface area contributed by atoms with Crippen molar-refractivity contribution in [2.24, 2.45) is 5.73 Å². The van der Waals surface area contributed by atoms with E-state index in [-0.39, 0.29) is 35.2 Å². The molecule has 13 heteroatoms. The van der Waals surface area contributed by atoms with Crippen LogP contribution in [0.3, 0.4) is 0 Å². The molecule has 0 saturated carbocycles. The third kappa shape index (κ3) is 6.20. The number of nitrogens with two attached hydrogens (primary N) is 1. The van der Waals surface area contributed by atoms with Crippen LogP contribution in [0.2, 0.25) is 0 Å². The topological polar surface area (TPSA) is 169 Å². The first kappa shape index (κ1) is 28.1. The van der Waals surface area contributed by atoms with Crippen molar-refractivity contribution in [3.05, 3.63) is 60.1 Å². The Labute approximate surface area is 231 Å². The van der Waals surface area contributed by atoms with Crippen molar-refractivity contribution >= 4 is 40.9 Å². The maximum absolute atomic E-state index is 12.4. The second kappa shape index (κ2) is 12.3. The van der Waals surface area contributed by atoms with E-state index in [9.17, 15) is 14.4 Å². The average Bonchev–Trinajstić information content (AvgIpc) is 3.42. The van der Waals surface area contributed by atoms with Gasteiger partial charge in [0.2, 0.25) is 11.9 Å². The number of hydrogen-bond donors (Lipinski definition) is 4. The molecule has 1 unspecified atom stereocenters. The summed E-state index contributed by atoms with van der Waals surface area (Å²) in [6.45, 7) is 8.95. The summed E-state index contributed by atoms with van der Waals surface area (Å²) in [5.41, 5.74) is 7.95. The van der Waals surface area contributed by atoms with Crippen molar-refractivity contribution in [1.29, 1.82) is 0 Å². The highest BCUT2D eigenvalue weighted by atomic mass is 16.5. The van der Waals surface area contributed by atoms with Gasteiger partial charge in [-0.1, -0.05) is 6.58 Å². The number of carbonyl (C=O) groups excluding carboxylic acids is 3. The summed E-state index contributed by atoms with van der Waals surface area (Å²) in [6.07, 6.45) is 7.87. The van der Waals surface area contributed by atoms with Crippen LogP contribution in [-0.2, 0) is 4.79 Å². The first-order valence-corrected chi connectivity index (χ1v) is 12.9. The Morgan fingerprint density at radius 2 is 2.05 bits per heavy atom. The molecule has 3 amide bonds. The number of benzene rings is 1. The number of primary amides is 1. The molecule has 0 bridgehead atoms. The summed E-state index contributed by atoms with van der Waals surface area (Å²) in [4.78, 5) is 47.1. The molecule has 210 valence electrons. The zero-order chi connectivity index (χ0) is 28.8. The first-order chi connectivity index (χ1) is 19.2. The van der Waals surface area contributed by atoms with E-state index < -0.39 is 5.91 Å². The molecular weight excluding hydrogens is 514 g/mol. The highest BCUT2D eigenvalue weighted by Gasteiger charge is 2.24. The second-order valence-electron chi connectivity index (χ2n) is 9.29. The van der Waals surface area contributed by atoms with Crippen LogP contribution in [0.4, 0.5) is 23.1 Å². The number of rotatable bonds is 10. The van der Waals surface area contributed by atoms with Crippen LogP contribution in [0.15, 0.2) is 43.4 Å². The van der Waals surface area contributed by atoms with Gasteiger partial charge >= 0.3 is 0 Å². The Hall–Kier alpha value is -4.94. The van der Waals surface area contributed by atoms with E-state index in [1.165, 1.54) is 19.4 Å². The van der Waals surface area contributed by atoms with Crippen LogP contribution in [0.1, 0.15) is 52.1 Å². The van der Waals surface area contributed by atoms with Crippen LogP contribution in [0.5, 0.6) is 5.75 Å². The largest absolute Gasteiger partial charge is 0.495 e. The molecule has 0 radical (unpaired) electrons. The highest BCUT2D eigenvalue weighted by Crippen LogP contribution is 2.33. The van der Waals surface area contributed by atoms with Gasteiger partial charge in [-0.2, -0.15) is 10.1 Å². The van der Waals surface area contributed by atoms with Gasteiger partial charge in [-0.25, -0.2) is 4.98 Å². The fraction of sp³-hybridized carbons (Fsp3) is 0.333. The van der Waals surface area contributed by atoms with E-state index in [0.717, 1.165) is 12.8 Å². The molecule has 1 aromatic carbocycles. The van der Waals surface area contributed by atoms with E-state index in [4.69, 9.17) is 10.5 Å². The highest BCUT2D eigenvalue weighted by molar-refractivity contribution is 5.99. The van der Waals surface area contributed by atoms with Crippen molar-refractivity contribution in [3.8, 4) is 5.75 Å². The van der Waals surface area contributed by atoms with Gasteiger partial charge in [0.25, 0.3) is 11.8 Å². The first-order valence-electron chi connectivity index (χ1n) is 12.9. The molecule has 0 spiro atoms. The summed E-state index contributed by atoms with van der Waals surface area (Å²) < 4.78 is 7.34. The Bertz CT molecular complexity index is 1440. The molecule has 5 N–H and O–H groups in total. The third-order valence-corrected chi connectivity index (χ3v) is 6.53. The predicted octanol–water partition coefficient (Wildman–Crippen LogP) is 2.68. The number of methoxy groups -OCH3 is 1. The fourth-order valence-corrected chi connectivity index (χ4v) is 4.54. The molecule has 1 fully saturated rings. The summed E-state index contributed by atoms with van der Waals surface area (Å²) in [5.74, 6) is -0.277. The summed E-state index contributed by atoms with van der Waals surface area (Å²) in [6, 6.07) is 3.35. The normalized spacial score (nSPS) is 14.8. The number of nitrogens with one attached hydrogen (secondary N) is 3. The van der Waals surface area contributed by atoms with Crippen LogP contribution in [0, 0.1) is 6.92 Å². The number of anilines is 4. The lowest BCUT2D eigenvalue weighted by atomic mass is 10.1. The fourth-order valence-electron chi connectivity index (χ4n) is 4.54. The van der Waals surface area contributed by atoms with Gasteiger partial charge in [0.05, 0.1) is 30.7 Å². The number of nitrogens with zero attached hydrogens (tertiary/aromatic N) is 5. The maximum atomic E-state index is 12.4. The minimum absolute atomic E-state index is 0.0291. The molecule has 13 nitrogen and oxygen atoms in total. The molecule has 3 heterocycles. The molecule has 1 atom stereocenters. The van der Waals surface area contributed by atoms with E-state index in [0.29, 0.717) is 47.9 Å². The summed E-state index contributed by atoms with van der Waals surface area (Å²) >= 11 is 0. The number of amides is 3. The Morgan fingerprint density at radius 3 is 2.75 bits per heavy atom. The molecule has 3 aromatic rings. The van der Waals surface area contributed by atoms with E-state index in [1.807, 2.05) is 17.8 Å². The number of likely N-dealkylation sites (tertiary alicyclic amines) is 1. The number of carbonyl (C=O) groups is 3. The lowest BCUT2D eigenvalue weighted by Gasteiger charge is -2.32. The number of aryl methyl sites for hydroxylation is 1. The number of piperidine rings is 1. The van der Waals surface area contributed by atoms with E-state index >= 15 is 0 Å². The Morgan fingerprint density at radius 1 is 1.25 bits per heavy atom. The molecule has 40 heavy (non-hydrogen) atoms. The zero-order valence-electron chi connectivity index (χ0n) is 22.7. The molecule has 1 aliphatic heterocycles. The van der Waals surface area contributed by atoms with Gasteiger partial charge in [-0.3, -0.25) is 19.1 Å². The lowest BCUT2D eigenvalue weighted by Crippen LogP contribution is -2.39. The van der Waals surface area contributed by atoms with Crippen molar-refractivity contribution in [2.75, 3.05) is 37.4 Å². The SMILES string of the molecule is C=CC(=O)N1CCCC(n2cc(Nc3ncc(C(N)=O)c(Nc4c(C)cc(C(=O)NCC)cc4OC)n3)cn2)C1. The maximum Gasteiger partial charge on any atom is 0.254 e. The molecule has 0 aliphatic carbocycles. The van der Waals surface area contributed by atoms with Crippen LogP contribution >= 0.6 is 0 Å². The smallest absolute Gasteiger partial charge is 0.254 e. The number of hydrogen-bond acceptors (Lipinski definition) is 9. The quantitative estimate of drug-likeness (QED) is 0.279. The van der Waals surface area contributed by atoms with Crippen LogP contribution in [-0.4, -0.2) is 69.1 Å². The minimum atomic E-state index is -0.714. The number of ether oxygens (including phenoxy) is 1. The average molecular weight is 548 g/mol. The predicted molar refractivity (Wildman–Crippen MR) is 150 cm³/mol. The minimum Gasteiger partial charge on any atom is -0.495 e. The second-order valence-corrected chi connectivity index (χ2v) is 9.29. The summed E-state index contributed by atoms with van der Waals surface area (Å²) in [5, 5.41) is 13.5. The van der Waals surface area contributed by atoms with Crippen molar-refractivity contribution in [3.63, 3.8) is 0 Å². The van der Waals surface area contributed by atoms with Crippen LogP contribution < -0.4 is 26.4 Å². The Balaban J connectivity index is 1.57. The van der Waals surface area contributed by atoms with Crippen molar-refractivity contribution < 1.29 is 19.1 Å². The number of aromatic nitrogens is 4. The zero-order valence-corrected chi connectivity index (χ0v) is 22.7. The lowest BCUT2D eigenvalue weighted by molar-refractivity contribution is -0.127. The molecular formula is C27H33N9O4.